The quantitative estimate of drug-likeness (QED) is 0.720. The van der Waals surface area contributed by atoms with Gasteiger partial charge >= 0.3 is 0 Å². The van der Waals surface area contributed by atoms with Crippen LogP contribution in [0, 0.1) is 12.8 Å². The molecule has 1 aromatic rings. The Bertz CT molecular complexity index is 396. The van der Waals surface area contributed by atoms with E-state index in [-0.39, 0.29) is 0 Å². The van der Waals surface area contributed by atoms with Crippen LogP contribution in [0.25, 0.3) is 5.57 Å². The zero-order valence-corrected chi connectivity index (χ0v) is 8.96. The largest absolute Gasteiger partial charge is 0.342 e. The minimum Gasteiger partial charge on any atom is -0.342 e. The summed E-state index contributed by atoms with van der Waals surface area (Å²) in [7, 11) is 0. The molecule has 14 heavy (non-hydrogen) atoms. The summed E-state index contributed by atoms with van der Waals surface area (Å²) in [6.07, 6.45) is 7.43. The number of aromatic nitrogens is 2. The Morgan fingerprint density at radius 3 is 2.79 bits per heavy atom. The van der Waals surface area contributed by atoms with Gasteiger partial charge in [-0.1, -0.05) is 19.1 Å². The molecule has 1 aliphatic carbocycles. The topological polar surface area (TPSA) is 28.7 Å². The molecule has 1 atom stereocenters. The summed E-state index contributed by atoms with van der Waals surface area (Å²) in [5.41, 5.74) is 3.82. The summed E-state index contributed by atoms with van der Waals surface area (Å²) in [6, 6.07) is 0. The van der Waals surface area contributed by atoms with Crippen LogP contribution in [0.15, 0.2) is 23.9 Å². The molecule has 0 fully saturated rings. The van der Waals surface area contributed by atoms with Gasteiger partial charge in [0.05, 0.1) is 0 Å². The first-order valence-electron chi connectivity index (χ1n) is 5.08. The lowest BCUT2D eigenvalue weighted by molar-refractivity contribution is 0.744. The molecule has 1 N–H and O–H groups in total. The third-order valence-corrected chi connectivity index (χ3v) is 2.73. The van der Waals surface area contributed by atoms with Gasteiger partial charge in [-0.25, -0.2) is 4.98 Å². The molecule has 0 saturated carbocycles. The Labute approximate surface area is 84.8 Å². The Balaban J connectivity index is 2.45. The van der Waals surface area contributed by atoms with Gasteiger partial charge in [-0.3, -0.25) is 0 Å². The number of nitrogens with one attached hydrogen (secondary N) is 1. The number of aromatic amines is 1. The summed E-state index contributed by atoms with van der Waals surface area (Å²) >= 11 is 0. The maximum atomic E-state index is 4.39. The van der Waals surface area contributed by atoms with E-state index in [9.17, 15) is 0 Å². The van der Waals surface area contributed by atoms with Gasteiger partial charge in [0.25, 0.3) is 0 Å². The molecule has 0 bridgehead atoms. The van der Waals surface area contributed by atoms with Crippen LogP contribution >= 0.6 is 0 Å². The highest BCUT2D eigenvalue weighted by Crippen LogP contribution is 2.31. The Morgan fingerprint density at radius 2 is 2.21 bits per heavy atom. The first kappa shape index (κ1) is 9.25. The molecule has 1 aromatic heterocycles. The van der Waals surface area contributed by atoms with E-state index in [1.165, 1.54) is 11.1 Å². The number of hydrogen-bond donors (Lipinski definition) is 1. The fraction of sp³-hybridized carbons (Fsp3) is 0.417. The van der Waals surface area contributed by atoms with Crippen LogP contribution in [-0.2, 0) is 0 Å². The smallest absolute Gasteiger partial charge is 0.133 e. The first-order valence-corrected chi connectivity index (χ1v) is 5.08. The van der Waals surface area contributed by atoms with E-state index in [0.717, 1.165) is 17.9 Å². The van der Waals surface area contributed by atoms with Gasteiger partial charge in [0, 0.05) is 17.5 Å². The van der Waals surface area contributed by atoms with Crippen LogP contribution in [0.5, 0.6) is 0 Å². The van der Waals surface area contributed by atoms with Crippen LogP contribution in [-0.4, -0.2) is 9.97 Å². The van der Waals surface area contributed by atoms with E-state index < -0.39 is 0 Å². The fourth-order valence-corrected chi connectivity index (χ4v) is 2.01. The molecule has 1 heterocycles. The lowest BCUT2D eigenvalue weighted by atomic mass is 9.88. The second-order valence-electron chi connectivity index (χ2n) is 4.05. The Morgan fingerprint density at radius 1 is 1.43 bits per heavy atom. The van der Waals surface area contributed by atoms with Crippen LogP contribution in [0.4, 0.5) is 0 Å². The summed E-state index contributed by atoms with van der Waals surface area (Å²) < 4.78 is 0. The van der Waals surface area contributed by atoms with E-state index in [1.54, 1.807) is 0 Å². The van der Waals surface area contributed by atoms with Crippen LogP contribution in [0.3, 0.4) is 0 Å². The van der Waals surface area contributed by atoms with Gasteiger partial charge in [-0.2, -0.15) is 0 Å². The van der Waals surface area contributed by atoms with Gasteiger partial charge in [-0.15, -0.1) is 0 Å². The predicted molar refractivity (Wildman–Crippen MR) is 58.8 cm³/mol. The molecule has 1 aliphatic rings. The van der Waals surface area contributed by atoms with Crippen molar-refractivity contribution in [1.82, 2.24) is 9.97 Å². The number of hydrogen-bond acceptors (Lipinski definition) is 1. The summed E-state index contributed by atoms with van der Waals surface area (Å²) in [4.78, 5) is 7.70. The fourth-order valence-electron chi connectivity index (χ4n) is 2.01. The highest BCUT2D eigenvalue weighted by atomic mass is 14.9. The Hall–Kier alpha value is -1.31. The minimum absolute atomic E-state index is 0.575. The van der Waals surface area contributed by atoms with Crippen LogP contribution < -0.4 is 0 Å². The van der Waals surface area contributed by atoms with Crippen LogP contribution in [0.1, 0.15) is 31.8 Å². The number of rotatable bonds is 1. The SMILES string of the molecule is CC1=C(c2ncc(C)[nH]2)C(C)CC=C1. The van der Waals surface area contributed by atoms with Crippen LogP contribution in [0.2, 0.25) is 0 Å². The molecule has 0 radical (unpaired) electrons. The van der Waals surface area contributed by atoms with Gasteiger partial charge in [0.15, 0.2) is 0 Å². The average molecular weight is 188 g/mol. The van der Waals surface area contributed by atoms with E-state index in [4.69, 9.17) is 0 Å². The molecule has 2 rings (SSSR count). The molecule has 74 valence electrons. The zero-order valence-electron chi connectivity index (χ0n) is 8.96. The van der Waals surface area contributed by atoms with Crippen molar-refractivity contribution >= 4 is 5.57 Å². The van der Waals surface area contributed by atoms with Crippen molar-refractivity contribution in [2.45, 2.75) is 27.2 Å². The lowest BCUT2D eigenvalue weighted by Gasteiger charge is -2.18. The molecule has 0 aromatic carbocycles. The second-order valence-corrected chi connectivity index (χ2v) is 4.05. The van der Waals surface area contributed by atoms with Crippen molar-refractivity contribution in [2.75, 3.05) is 0 Å². The van der Waals surface area contributed by atoms with Crippen molar-refractivity contribution in [1.29, 1.82) is 0 Å². The van der Waals surface area contributed by atoms with E-state index in [0.29, 0.717) is 5.92 Å². The maximum absolute atomic E-state index is 4.39. The first-order chi connectivity index (χ1) is 6.68. The zero-order chi connectivity index (χ0) is 10.1. The number of aryl methyl sites for hydroxylation is 1. The Kier molecular flexibility index (Phi) is 2.28. The molecule has 1 unspecified atom stereocenters. The monoisotopic (exact) mass is 188 g/mol. The highest BCUT2D eigenvalue weighted by molar-refractivity contribution is 5.69. The van der Waals surface area contributed by atoms with Gasteiger partial charge in [0.2, 0.25) is 0 Å². The number of allylic oxidation sites excluding steroid dienone is 4. The molecule has 0 saturated heterocycles. The number of imidazole rings is 1. The van der Waals surface area contributed by atoms with Crippen molar-refractivity contribution in [3.05, 3.63) is 35.4 Å². The van der Waals surface area contributed by atoms with Gasteiger partial charge < -0.3 is 4.98 Å². The predicted octanol–water partition coefficient (Wildman–Crippen LogP) is 3.09. The van der Waals surface area contributed by atoms with Crippen molar-refractivity contribution in [3.8, 4) is 0 Å². The average Bonchev–Trinajstić information content (AvgIpc) is 2.51. The third-order valence-electron chi connectivity index (χ3n) is 2.73. The lowest BCUT2D eigenvalue weighted by Crippen LogP contribution is -2.05. The molecule has 2 heteroatoms. The van der Waals surface area contributed by atoms with Crippen molar-refractivity contribution in [3.63, 3.8) is 0 Å². The van der Waals surface area contributed by atoms with Crippen molar-refractivity contribution in [2.24, 2.45) is 5.92 Å². The highest BCUT2D eigenvalue weighted by Gasteiger charge is 2.17. The van der Waals surface area contributed by atoms with E-state index >= 15 is 0 Å². The normalized spacial score (nSPS) is 21.8. The third kappa shape index (κ3) is 1.52. The minimum atomic E-state index is 0.575. The summed E-state index contributed by atoms with van der Waals surface area (Å²) in [5.74, 6) is 1.61. The molecular weight excluding hydrogens is 172 g/mol. The maximum Gasteiger partial charge on any atom is 0.133 e. The molecule has 0 amide bonds. The molecule has 0 aliphatic heterocycles. The van der Waals surface area contributed by atoms with E-state index in [1.807, 2.05) is 13.1 Å². The number of nitrogens with zero attached hydrogens (tertiary/aromatic N) is 1. The standard InChI is InChI=1S/C12H16N2/c1-8-5-4-6-9(2)11(8)12-13-7-10(3)14-12/h4-5,7,9H,6H2,1-3H3,(H,13,14). The molecule has 0 spiro atoms. The van der Waals surface area contributed by atoms with Gasteiger partial charge in [0.1, 0.15) is 5.82 Å². The molecular formula is C12H16N2. The van der Waals surface area contributed by atoms with Crippen molar-refractivity contribution < 1.29 is 0 Å². The van der Waals surface area contributed by atoms with E-state index in [2.05, 4.69) is 36.0 Å². The summed E-state index contributed by atoms with van der Waals surface area (Å²) in [6.45, 7) is 6.44. The number of H-pyrrole nitrogens is 1. The summed E-state index contributed by atoms with van der Waals surface area (Å²) in [5, 5.41) is 0. The van der Waals surface area contributed by atoms with Gasteiger partial charge in [-0.05, 0) is 31.8 Å². The molecule has 2 nitrogen and oxygen atoms in total. The second kappa shape index (κ2) is 3.45.